The molecular weight excluding hydrogens is 218 g/mol. The molecule has 1 aromatic carbocycles. The van der Waals surface area contributed by atoms with Crippen molar-refractivity contribution in [3.8, 4) is 5.75 Å². The van der Waals surface area contributed by atoms with Crippen LogP contribution in [-0.4, -0.2) is 31.8 Å². The van der Waals surface area contributed by atoms with Crippen LogP contribution in [0.5, 0.6) is 5.75 Å². The van der Waals surface area contributed by atoms with E-state index in [9.17, 15) is 13.5 Å². The molecule has 15 heavy (non-hydrogen) atoms. The number of benzene rings is 1. The minimum Gasteiger partial charge on any atom is -0.508 e. The molecule has 0 aromatic heterocycles. The fraction of sp³-hybridized carbons (Fsp3) is 0.333. The van der Waals surface area contributed by atoms with Crippen molar-refractivity contribution in [1.82, 2.24) is 4.72 Å². The van der Waals surface area contributed by atoms with Crippen LogP contribution < -0.4 is 4.72 Å². The third-order valence-electron chi connectivity index (χ3n) is 1.87. The predicted molar refractivity (Wildman–Crippen MR) is 55.1 cm³/mol. The van der Waals surface area contributed by atoms with E-state index >= 15 is 0 Å². The van der Waals surface area contributed by atoms with Crippen LogP contribution in [0.25, 0.3) is 0 Å². The zero-order valence-electron chi connectivity index (χ0n) is 8.27. The monoisotopic (exact) mass is 231 g/mol. The van der Waals surface area contributed by atoms with Gasteiger partial charge in [0.2, 0.25) is 10.0 Å². The van der Waals surface area contributed by atoms with E-state index in [2.05, 4.69) is 4.72 Å². The van der Waals surface area contributed by atoms with Crippen LogP contribution in [0, 0.1) is 6.92 Å². The zero-order valence-corrected chi connectivity index (χ0v) is 9.08. The quantitative estimate of drug-likeness (QED) is 0.679. The Labute approximate surface area is 88.4 Å². The topological polar surface area (TPSA) is 86.6 Å². The normalized spacial score (nSPS) is 11.6. The lowest BCUT2D eigenvalue weighted by Crippen LogP contribution is -2.27. The van der Waals surface area contributed by atoms with E-state index in [0.29, 0.717) is 5.56 Å². The average Bonchev–Trinajstić information content (AvgIpc) is 2.18. The van der Waals surface area contributed by atoms with Gasteiger partial charge in [-0.2, -0.15) is 0 Å². The summed E-state index contributed by atoms with van der Waals surface area (Å²) in [6.07, 6.45) is 0. The lowest BCUT2D eigenvalue weighted by molar-refractivity contribution is 0.301. The summed E-state index contributed by atoms with van der Waals surface area (Å²) >= 11 is 0. The first-order chi connectivity index (χ1) is 6.97. The second-order valence-electron chi connectivity index (χ2n) is 3.07. The molecule has 3 N–H and O–H groups in total. The Morgan fingerprint density at radius 1 is 1.40 bits per heavy atom. The fourth-order valence-electron chi connectivity index (χ4n) is 1.14. The SMILES string of the molecule is Cc1ccc(O)cc1S(=O)(=O)NCCO. The first-order valence-corrected chi connectivity index (χ1v) is 5.86. The summed E-state index contributed by atoms with van der Waals surface area (Å²) in [4.78, 5) is 0.0240. The van der Waals surface area contributed by atoms with Gasteiger partial charge in [0.25, 0.3) is 0 Å². The highest BCUT2D eigenvalue weighted by Gasteiger charge is 2.16. The summed E-state index contributed by atoms with van der Waals surface area (Å²) in [5.41, 5.74) is 0.540. The predicted octanol–water partition coefficient (Wildman–Crippen LogP) is -0.0288. The van der Waals surface area contributed by atoms with Crippen LogP contribution in [0.4, 0.5) is 0 Å². The van der Waals surface area contributed by atoms with Gasteiger partial charge < -0.3 is 10.2 Å². The number of rotatable bonds is 4. The molecule has 0 radical (unpaired) electrons. The lowest BCUT2D eigenvalue weighted by Gasteiger charge is -2.08. The van der Waals surface area contributed by atoms with Gasteiger partial charge in [-0.05, 0) is 18.6 Å². The molecule has 0 atom stereocenters. The standard InChI is InChI=1S/C9H13NO4S/c1-7-2-3-8(12)6-9(7)15(13,14)10-4-5-11/h2-3,6,10-12H,4-5H2,1H3. The summed E-state index contributed by atoms with van der Waals surface area (Å²) in [5.74, 6) is -0.107. The van der Waals surface area contributed by atoms with Crippen molar-refractivity contribution >= 4 is 10.0 Å². The summed E-state index contributed by atoms with van der Waals surface area (Å²) in [5, 5.41) is 17.7. The summed E-state index contributed by atoms with van der Waals surface area (Å²) in [6.45, 7) is 1.32. The minimum atomic E-state index is -3.65. The first-order valence-electron chi connectivity index (χ1n) is 4.37. The van der Waals surface area contributed by atoms with Crippen LogP contribution in [-0.2, 0) is 10.0 Å². The highest BCUT2D eigenvalue weighted by atomic mass is 32.2. The van der Waals surface area contributed by atoms with Gasteiger partial charge >= 0.3 is 0 Å². The van der Waals surface area contributed by atoms with Gasteiger partial charge in [0.15, 0.2) is 0 Å². The van der Waals surface area contributed by atoms with E-state index in [-0.39, 0.29) is 23.8 Å². The number of aliphatic hydroxyl groups excluding tert-OH is 1. The van der Waals surface area contributed by atoms with E-state index in [1.54, 1.807) is 6.92 Å². The average molecular weight is 231 g/mol. The minimum absolute atomic E-state index is 0.0240. The molecule has 0 aliphatic heterocycles. The molecule has 0 spiro atoms. The summed E-state index contributed by atoms with van der Waals surface area (Å²) < 4.78 is 25.5. The number of aliphatic hydroxyl groups is 1. The largest absolute Gasteiger partial charge is 0.508 e. The first kappa shape index (κ1) is 12.0. The van der Waals surface area contributed by atoms with Gasteiger partial charge in [-0.15, -0.1) is 0 Å². The van der Waals surface area contributed by atoms with Crippen LogP contribution in [0.3, 0.4) is 0 Å². The Balaban J connectivity index is 3.09. The van der Waals surface area contributed by atoms with Gasteiger partial charge in [-0.3, -0.25) is 0 Å². The van der Waals surface area contributed by atoms with Crippen LogP contribution in [0.2, 0.25) is 0 Å². The lowest BCUT2D eigenvalue weighted by atomic mass is 10.2. The van der Waals surface area contributed by atoms with Crippen molar-refractivity contribution < 1.29 is 18.6 Å². The smallest absolute Gasteiger partial charge is 0.241 e. The second kappa shape index (κ2) is 4.61. The van der Waals surface area contributed by atoms with E-state index in [4.69, 9.17) is 5.11 Å². The van der Waals surface area contributed by atoms with Crippen LogP contribution in [0.15, 0.2) is 23.1 Å². The van der Waals surface area contributed by atoms with Gasteiger partial charge in [0, 0.05) is 12.6 Å². The molecule has 1 aromatic rings. The van der Waals surface area contributed by atoms with Crippen molar-refractivity contribution in [1.29, 1.82) is 0 Å². The number of hydrogen-bond donors (Lipinski definition) is 3. The van der Waals surface area contributed by atoms with Crippen molar-refractivity contribution in [2.75, 3.05) is 13.2 Å². The maximum atomic E-state index is 11.6. The Bertz CT molecular complexity index is 441. The second-order valence-corrected chi connectivity index (χ2v) is 4.81. The third-order valence-corrected chi connectivity index (χ3v) is 3.47. The molecular formula is C9H13NO4S. The van der Waals surface area contributed by atoms with E-state index in [0.717, 1.165) is 0 Å². The Morgan fingerprint density at radius 2 is 2.07 bits per heavy atom. The molecule has 0 heterocycles. The number of hydrogen-bond acceptors (Lipinski definition) is 4. The van der Waals surface area contributed by atoms with Crippen molar-refractivity contribution in [2.24, 2.45) is 0 Å². The van der Waals surface area contributed by atoms with Crippen LogP contribution >= 0.6 is 0 Å². The molecule has 0 saturated heterocycles. The number of phenolic OH excluding ortho intramolecular Hbond substituents is 1. The molecule has 0 bridgehead atoms. The maximum Gasteiger partial charge on any atom is 0.241 e. The van der Waals surface area contributed by atoms with Gasteiger partial charge in [0.1, 0.15) is 5.75 Å². The number of sulfonamides is 1. The number of nitrogens with one attached hydrogen (secondary N) is 1. The van der Waals surface area contributed by atoms with E-state index in [1.807, 2.05) is 0 Å². The van der Waals surface area contributed by atoms with Crippen LogP contribution in [0.1, 0.15) is 5.56 Å². The number of phenols is 1. The molecule has 6 heteroatoms. The molecule has 0 fully saturated rings. The molecule has 5 nitrogen and oxygen atoms in total. The highest BCUT2D eigenvalue weighted by Crippen LogP contribution is 2.20. The maximum absolute atomic E-state index is 11.6. The van der Waals surface area contributed by atoms with Gasteiger partial charge in [0.05, 0.1) is 11.5 Å². The molecule has 84 valence electrons. The summed E-state index contributed by atoms with van der Waals surface area (Å²) in [6, 6.07) is 4.11. The molecule has 0 aliphatic carbocycles. The number of aryl methyl sites for hydroxylation is 1. The molecule has 0 saturated carbocycles. The van der Waals surface area contributed by atoms with Gasteiger partial charge in [-0.25, -0.2) is 13.1 Å². The Hall–Kier alpha value is -1.11. The Kier molecular flexibility index (Phi) is 3.67. The number of aromatic hydroxyl groups is 1. The van der Waals surface area contributed by atoms with Crippen molar-refractivity contribution in [3.05, 3.63) is 23.8 Å². The molecule has 0 unspecified atom stereocenters. The molecule has 0 aliphatic rings. The van der Waals surface area contributed by atoms with E-state index in [1.165, 1.54) is 18.2 Å². The third kappa shape index (κ3) is 2.92. The van der Waals surface area contributed by atoms with E-state index < -0.39 is 10.0 Å². The van der Waals surface area contributed by atoms with Crippen molar-refractivity contribution in [3.63, 3.8) is 0 Å². The molecule has 1 rings (SSSR count). The zero-order chi connectivity index (χ0) is 11.5. The van der Waals surface area contributed by atoms with Crippen molar-refractivity contribution in [2.45, 2.75) is 11.8 Å². The van der Waals surface area contributed by atoms with Gasteiger partial charge in [-0.1, -0.05) is 6.07 Å². The fourth-order valence-corrected chi connectivity index (χ4v) is 2.42. The summed E-state index contributed by atoms with van der Waals surface area (Å²) in [7, 11) is -3.65. The molecule has 0 amide bonds. The highest BCUT2D eigenvalue weighted by molar-refractivity contribution is 7.89. The Morgan fingerprint density at radius 3 is 2.67 bits per heavy atom.